The number of rotatable bonds is 8. The summed E-state index contributed by atoms with van der Waals surface area (Å²) in [5, 5.41) is 1.10. The van der Waals surface area contributed by atoms with Crippen molar-refractivity contribution in [3.05, 3.63) is 65.9 Å². The maximum absolute atomic E-state index is 12.3. The second kappa shape index (κ2) is 9.08. The lowest BCUT2D eigenvalue weighted by Crippen LogP contribution is -2.31. The van der Waals surface area contributed by atoms with Gasteiger partial charge in [0.15, 0.2) is 6.61 Å². The minimum Gasteiger partial charge on any atom is -0.496 e. The van der Waals surface area contributed by atoms with Crippen molar-refractivity contribution in [3.8, 4) is 5.75 Å². The zero-order chi connectivity index (χ0) is 19.9. The first kappa shape index (κ1) is 19.5. The average molecular weight is 380 g/mol. The van der Waals surface area contributed by atoms with E-state index in [1.165, 1.54) is 4.90 Å². The van der Waals surface area contributed by atoms with Crippen LogP contribution < -0.4 is 4.74 Å². The first-order chi connectivity index (χ1) is 13.6. The van der Waals surface area contributed by atoms with Gasteiger partial charge in [-0.15, -0.1) is 0 Å². The van der Waals surface area contributed by atoms with E-state index in [2.05, 4.69) is 4.98 Å². The first-order valence-electron chi connectivity index (χ1n) is 9.15. The Morgan fingerprint density at radius 2 is 1.79 bits per heavy atom. The number of methoxy groups -OCH3 is 1. The van der Waals surface area contributed by atoms with Crippen molar-refractivity contribution in [1.82, 2.24) is 9.88 Å². The molecule has 0 saturated heterocycles. The standard InChI is InChI=1S/C22H24N2O4/c1-24(14-17-7-3-6-10-20(17)27-2)21(25)15-28-22(26)12-11-16-13-23-19-9-5-4-8-18(16)19/h3-10,13,23H,11-12,14-15H2,1-2H3. The van der Waals surface area contributed by atoms with Gasteiger partial charge in [0.25, 0.3) is 5.91 Å². The molecular formula is C22H24N2O4. The fraction of sp³-hybridized carbons (Fsp3) is 0.273. The summed E-state index contributed by atoms with van der Waals surface area (Å²) in [6.45, 7) is 0.119. The molecule has 1 heterocycles. The maximum atomic E-state index is 12.3. The van der Waals surface area contributed by atoms with Gasteiger partial charge >= 0.3 is 5.97 Å². The Bertz CT molecular complexity index is 964. The number of hydrogen-bond donors (Lipinski definition) is 1. The van der Waals surface area contributed by atoms with Crippen molar-refractivity contribution in [3.63, 3.8) is 0 Å². The van der Waals surface area contributed by atoms with E-state index < -0.39 is 0 Å². The zero-order valence-corrected chi connectivity index (χ0v) is 16.1. The number of likely N-dealkylation sites (N-methyl/N-ethyl adjacent to an activating group) is 1. The summed E-state index contributed by atoms with van der Waals surface area (Å²) in [6.07, 6.45) is 2.70. The monoisotopic (exact) mass is 380 g/mol. The summed E-state index contributed by atoms with van der Waals surface area (Å²) < 4.78 is 10.5. The lowest BCUT2D eigenvalue weighted by molar-refractivity contribution is -0.151. The number of aromatic amines is 1. The average Bonchev–Trinajstić information content (AvgIpc) is 3.14. The molecule has 0 spiro atoms. The van der Waals surface area contributed by atoms with Gasteiger partial charge in [0.2, 0.25) is 0 Å². The third-order valence-corrected chi connectivity index (χ3v) is 4.66. The molecule has 0 aliphatic heterocycles. The number of nitrogens with zero attached hydrogens (tertiary/aromatic N) is 1. The van der Waals surface area contributed by atoms with Crippen molar-refractivity contribution >= 4 is 22.8 Å². The normalized spacial score (nSPS) is 10.6. The molecule has 6 heteroatoms. The van der Waals surface area contributed by atoms with Gasteiger partial charge in [0.05, 0.1) is 7.11 Å². The van der Waals surface area contributed by atoms with Gasteiger partial charge < -0.3 is 19.4 Å². The van der Waals surface area contributed by atoms with E-state index in [1.807, 2.05) is 54.7 Å². The van der Waals surface area contributed by atoms with Crippen LogP contribution in [0.2, 0.25) is 0 Å². The summed E-state index contributed by atoms with van der Waals surface area (Å²) in [6, 6.07) is 15.4. The van der Waals surface area contributed by atoms with E-state index in [0.717, 1.165) is 27.8 Å². The van der Waals surface area contributed by atoms with Gasteiger partial charge in [-0.05, 0) is 24.1 Å². The van der Waals surface area contributed by atoms with Crippen LogP contribution in [0.1, 0.15) is 17.5 Å². The predicted octanol–water partition coefficient (Wildman–Crippen LogP) is 3.31. The molecule has 0 aliphatic carbocycles. The van der Waals surface area contributed by atoms with E-state index in [0.29, 0.717) is 13.0 Å². The second-order valence-corrected chi connectivity index (χ2v) is 6.58. The SMILES string of the molecule is COc1ccccc1CN(C)C(=O)COC(=O)CCc1c[nH]c2ccccc12. The highest BCUT2D eigenvalue weighted by molar-refractivity contribution is 5.84. The van der Waals surface area contributed by atoms with E-state index in [1.54, 1.807) is 14.2 Å². The van der Waals surface area contributed by atoms with Crippen LogP contribution in [0.15, 0.2) is 54.7 Å². The summed E-state index contributed by atoms with van der Waals surface area (Å²) in [7, 11) is 3.27. The molecule has 146 valence electrons. The highest BCUT2D eigenvalue weighted by Crippen LogP contribution is 2.20. The van der Waals surface area contributed by atoms with Crippen molar-refractivity contribution in [2.75, 3.05) is 20.8 Å². The molecule has 6 nitrogen and oxygen atoms in total. The molecule has 0 radical (unpaired) electrons. The Kier molecular flexibility index (Phi) is 6.32. The van der Waals surface area contributed by atoms with Gasteiger partial charge in [-0.3, -0.25) is 9.59 Å². The number of nitrogens with one attached hydrogen (secondary N) is 1. The molecule has 0 saturated carbocycles. The van der Waals surface area contributed by atoms with E-state index in [-0.39, 0.29) is 24.9 Å². The molecule has 28 heavy (non-hydrogen) atoms. The molecule has 0 fully saturated rings. The number of amides is 1. The number of aryl methyl sites for hydroxylation is 1. The van der Waals surface area contributed by atoms with Crippen LogP contribution in [-0.2, 0) is 27.3 Å². The zero-order valence-electron chi connectivity index (χ0n) is 16.1. The number of para-hydroxylation sites is 2. The van der Waals surface area contributed by atoms with Gasteiger partial charge in [-0.2, -0.15) is 0 Å². The number of aromatic nitrogens is 1. The van der Waals surface area contributed by atoms with Gasteiger partial charge in [-0.25, -0.2) is 0 Å². The number of ether oxygens (including phenoxy) is 2. The van der Waals surface area contributed by atoms with Crippen LogP contribution in [0.3, 0.4) is 0 Å². The van der Waals surface area contributed by atoms with E-state index in [4.69, 9.17) is 9.47 Å². The quantitative estimate of drug-likeness (QED) is 0.609. The minimum atomic E-state index is -0.385. The minimum absolute atomic E-state index is 0.228. The number of fused-ring (bicyclic) bond motifs is 1. The third kappa shape index (κ3) is 4.71. The molecule has 0 aliphatic rings. The number of carbonyl (C=O) groups is 2. The topological polar surface area (TPSA) is 71.6 Å². The fourth-order valence-electron chi connectivity index (χ4n) is 3.08. The molecule has 1 amide bonds. The smallest absolute Gasteiger partial charge is 0.306 e. The van der Waals surface area contributed by atoms with Crippen molar-refractivity contribution in [1.29, 1.82) is 0 Å². The number of carbonyl (C=O) groups excluding carboxylic acids is 2. The van der Waals surface area contributed by atoms with Crippen molar-refractivity contribution < 1.29 is 19.1 Å². The number of benzene rings is 2. The van der Waals surface area contributed by atoms with Gasteiger partial charge in [0, 0.05) is 42.7 Å². The fourth-order valence-corrected chi connectivity index (χ4v) is 3.08. The summed E-state index contributed by atoms with van der Waals surface area (Å²) in [5.74, 6) is 0.0774. The molecule has 0 bridgehead atoms. The van der Waals surface area contributed by atoms with Crippen molar-refractivity contribution in [2.24, 2.45) is 0 Å². The Balaban J connectivity index is 1.46. The summed E-state index contributed by atoms with van der Waals surface area (Å²) in [5.41, 5.74) is 3.00. The summed E-state index contributed by atoms with van der Waals surface area (Å²) >= 11 is 0. The Morgan fingerprint density at radius 1 is 1.04 bits per heavy atom. The van der Waals surface area contributed by atoms with Gasteiger partial charge in [0.1, 0.15) is 5.75 Å². The van der Waals surface area contributed by atoms with Gasteiger partial charge in [-0.1, -0.05) is 36.4 Å². The Labute approximate surface area is 164 Å². The summed E-state index contributed by atoms with van der Waals surface area (Å²) in [4.78, 5) is 29.0. The highest BCUT2D eigenvalue weighted by Gasteiger charge is 2.15. The third-order valence-electron chi connectivity index (χ3n) is 4.66. The van der Waals surface area contributed by atoms with E-state index in [9.17, 15) is 9.59 Å². The van der Waals surface area contributed by atoms with Crippen molar-refractivity contribution in [2.45, 2.75) is 19.4 Å². The molecule has 1 aromatic heterocycles. The maximum Gasteiger partial charge on any atom is 0.306 e. The molecule has 0 atom stereocenters. The molecule has 3 aromatic rings. The first-order valence-corrected chi connectivity index (χ1v) is 9.15. The van der Waals surface area contributed by atoms with E-state index >= 15 is 0 Å². The van der Waals surface area contributed by atoms with Crippen LogP contribution in [0, 0.1) is 0 Å². The largest absolute Gasteiger partial charge is 0.496 e. The second-order valence-electron chi connectivity index (χ2n) is 6.58. The van der Waals surface area contributed by atoms with Crippen LogP contribution in [0.5, 0.6) is 5.75 Å². The lowest BCUT2D eigenvalue weighted by Gasteiger charge is -2.18. The Morgan fingerprint density at radius 3 is 2.61 bits per heavy atom. The Hall–Kier alpha value is -3.28. The number of esters is 1. The highest BCUT2D eigenvalue weighted by atomic mass is 16.5. The number of hydrogen-bond acceptors (Lipinski definition) is 4. The molecule has 0 unspecified atom stereocenters. The lowest BCUT2D eigenvalue weighted by atomic mass is 10.1. The molecule has 1 N–H and O–H groups in total. The van der Waals surface area contributed by atoms with Crippen LogP contribution in [0.25, 0.3) is 10.9 Å². The molecule has 3 rings (SSSR count). The molecule has 2 aromatic carbocycles. The molecular weight excluding hydrogens is 356 g/mol. The van der Waals surface area contributed by atoms with Crippen LogP contribution in [-0.4, -0.2) is 42.5 Å². The number of H-pyrrole nitrogens is 1. The van der Waals surface area contributed by atoms with Crippen LogP contribution >= 0.6 is 0 Å². The van der Waals surface area contributed by atoms with Crippen LogP contribution in [0.4, 0.5) is 0 Å². The predicted molar refractivity (Wildman–Crippen MR) is 107 cm³/mol.